The lowest BCUT2D eigenvalue weighted by Crippen LogP contribution is -2.15. The van der Waals surface area contributed by atoms with Crippen molar-refractivity contribution in [2.24, 2.45) is 0 Å². The van der Waals surface area contributed by atoms with Crippen LogP contribution in [0.5, 0.6) is 0 Å². The van der Waals surface area contributed by atoms with Gasteiger partial charge in [0.2, 0.25) is 0 Å². The first-order chi connectivity index (χ1) is 7.47. The molecule has 1 rings (SSSR count). The van der Waals surface area contributed by atoms with Gasteiger partial charge in [0.15, 0.2) is 11.9 Å². The Hall–Kier alpha value is -0.650. The van der Waals surface area contributed by atoms with Gasteiger partial charge in [0.1, 0.15) is 0 Å². The van der Waals surface area contributed by atoms with E-state index in [-0.39, 0.29) is 21.7 Å². The molecule has 0 bridgehead atoms. The molecule has 0 saturated carbocycles. The molecule has 1 N–H and O–H groups in total. The third-order valence-corrected chi connectivity index (χ3v) is 2.68. The first kappa shape index (κ1) is 13.4. The molecule has 1 aromatic carbocycles. The van der Waals surface area contributed by atoms with Crippen molar-refractivity contribution in [3.05, 3.63) is 33.0 Å². The predicted molar refractivity (Wildman–Crippen MR) is 60.7 cm³/mol. The molecule has 6 heteroatoms. The van der Waals surface area contributed by atoms with E-state index in [0.29, 0.717) is 0 Å². The molecule has 0 radical (unpaired) electrons. The topological polar surface area (TPSA) is 46.5 Å². The summed E-state index contributed by atoms with van der Waals surface area (Å²) < 4.78 is 17.9. The molecule has 88 valence electrons. The summed E-state index contributed by atoms with van der Waals surface area (Å²) in [4.78, 5) is 11.2. The molecular weight excluding hydrogens is 302 g/mol. The lowest BCUT2D eigenvalue weighted by atomic mass is 10.1. The normalized spacial score (nSPS) is 12.3. The molecule has 0 aromatic heterocycles. The Morgan fingerprint density at radius 3 is 2.81 bits per heavy atom. The monoisotopic (exact) mass is 310 g/mol. The quantitative estimate of drug-likeness (QED) is 0.690. The second kappa shape index (κ2) is 5.61. The molecular formula is C10H9BrClFO3. The van der Waals surface area contributed by atoms with E-state index in [1.807, 2.05) is 0 Å². The van der Waals surface area contributed by atoms with Gasteiger partial charge in [-0.15, -0.1) is 0 Å². The minimum Gasteiger partial charge on any atom is -0.464 e. The Morgan fingerprint density at radius 2 is 2.31 bits per heavy atom. The average Bonchev–Trinajstić information content (AvgIpc) is 2.24. The molecule has 16 heavy (non-hydrogen) atoms. The number of aliphatic hydroxyl groups is 1. The van der Waals surface area contributed by atoms with E-state index in [4.69, 9.17) is 11.6 Å². The molecule has 0 spiro atoms. The van der Waals surface area contributed by atoms with Gasteiger partial charge in [-0.2, -0.15) is 0 Å². The SMILES string of the molecule is CCOC(=O)C(O)c1cc(Cl)c(F)c(Br)c1. The van der Waals surface area contributed by atoms with E-state index >= 15 is 0 Å². The summed E-state index contributed by atoms with van der Waals surface area (Å²) in [5, 5.41) is 9.41. The zero-order chi connectivity index (χ0) is 12.3. The molecule has 0 aliphatic rings. The average molecular weight is 312 g/mol. The van der Waals surface area contributed by atoms with E-state index in [1.54, 1.807) is 6.92 Å². The molecule has 0 heterocycles. The minimum absolute atomic E-state index is 0.0818. The van der Waals surface area contributed by atoms with E-state index in [9.17, 15) is 14.3 Å². The van der Waals surface area contributed by atoms with Crippen molar-refractivity contribution < 1.29 is 19.0 Å². The molecule has 0 aliphatic heterocycles. The number of hydrogen-bond acceptors (Lipinski definition) is 3. The van der Waals surface area contributed by atoms with Gasteiger partial charge in [0.05, 0.1) is 16.1 Å². The summed E-state index contributed by atoms with van der Waals surface area (Å²) in [6, 6.07) is 2.46. The van der Waals surface area contributed by atoms with E-state index in [1.165, 1.54) is 12.1 Å². The van der Waals surface area contributed by atoms with Crippen LogP contribution in [-0.2, 0) is 9.53 Å². The van der Waals surface area contributed by atoms with Crippen molar-refractivity contribution >= 4 is 33.5 Å². The van der Waals surface area contributed by atoms with Gasteiger partial charge in [-0.1, -0.05) is 11.6 Å². The Kier molecular flexibility index (Phi) is 4.70. The van der Waals surface area contributed by atoms with Crippen molar-refractivity contribution in [3.8, 4) is 0 Å². The Labute approximate surface area is 105 Å². The summed E-state index contributed by atoms with van der Waals surface area (Å²) in [5.41, 5.74) is 0.178. The van der Waals surface area contributed by atoms with Crippen LogP contribution in [0.2, 0.25) is 5.02 Å². The molecule has 3 nitrogen and oxygen atoms in total. The van der Waals surface area contributed by atoms with Gasteiger partial charge < -0.3 is 9.84 Å². The zero-order valence-corrected chi connectivity index (χ0v) is 10.7. The predicted octanol–water partition coefficient (Wildman–Crippen LogP) is 2.84. The Morgan fingerprint density at radius 1 is 1.69 bits per heavy atom. The Bertz CT molecular complexity index is 388. The van der Waals surface area contributed by atoms with E-state index < -0.39 is 17.9 Å². The van der Waals surface area contributed by atoms with E-state index in [2.05, 4.69) is 20.7 Å². The van der Waals surface area contributed by atoms with Gasteiger partial charge in [-0.3, -0.25) is 0 Å². The van der Waals surface area contributed by atoms with Gasteiger partial charge in [0.25, 0.3) is 0 Å². The number of hydrogen-bond donors (Lipinski definition) is 1. The number of rotatable bonds is 3. The van der Waals surface area contributed by atoms with Crippen LogP contribution in [0.4, 0.5) is 4.39 Å². The summed E-state index contributed by atoms with van der Waals surface area (Å²) in [7, 11) is 0. The highest BCUT2D eigenvalue weighted by Crippen LogP contribution is 2.28. The van der Waals surface area contributed by atoms with E-state index in [0.717, 1.165) is 0 Å². The molecule has 1 atom stereocenters. The second-order valence-electron chi connectivity index (χ2n) is 2.95. The number of aliphatic hydroxyl groups excluding tert-OH is 1. The van der Waals surface area contributed by atoms with Gasteiger partial charge >= 0.3 is 5.97 Å². The smallest absolute Gasteiger partial charge is 0.339 e. The van der Waals surface area contributed by atoms with Crippen molar-refractivity contribution in [1.82, 2.24) is 0 Å². The van der Waals surface area contributed by atoms with Crippen LogP contribution in [0.25, 0.3) is 0 Å². The molecule has 0 fully saturated rings. The first-order valence-electron chi connectivity index (χ1n) is 4.46. The van der Waals surface area contributed by atoms with Crippen LogP contribution in [0.1, 0.15) is 18.6 Å². The van der Waals surface area contributed by atoms with Crippen LogP contribution in [0.15, 0.2) is 16.6 Å². The lowest BCUT2D eigenvalue weighted by molar-refractivity contribution is -0.153. The standard InChI is InChI=1S/C10H9BrClFO3/c1-2-16-10(15)9(14)5-3-6(11)8(13)7(12)4-5/h3-4,9,14H,2H2,1H3. The maximum absolute atomic E-state index is 13.1. The number of carbonyl (C=O) groups is 1. The van der Waals surface area contributed by atoms with Gasteiger partial charge in [0, 0.05) is 0 Å². The Balaban J connectivity index is 3.01. The zero-order valence-electron chi connectivity index (χ0n) is 8.34. The van der Waals surface area contributed by atoms with Crippen molar-refractivity contribution in [2.75, 3.05) is 6.61 Å². The van der Waals surface area contributed by atoms with Crippen LogP contribution in [0.3, 0.4) is 0 Å². The molecule has 0 aliphatic carbocycles. The highest BCUT2D eigenvalue weighted by atomic mass is 79.9. The summed E-state index contributed by atoms with van der Waals surface area (Å²) in [5.74, 6) is -1.43. The molecule has 0 amide bonds. The molecule has 0 saturated heterocycles. The maximum atomic E-state index is 13.1. The lowest BCUT2D eigenvalue weighted by Gasteiger charge is -2.11. The summed E-state index contributed by atoms with van der Waals surface area (Å²) >= 11 is 8.51. The van der Waals surface area contributed by atoms with Crippen LogP contribution in [0, 0.1) is 5.82 Å². The third kappa shape index (κ3) is 2.93. The number of esters is 1. The number of carbonyl (C=O) groups excluding carboxylic acids is 1. The minimum atomic E-state index is -1.46. The fourth-order valence-corrected chi connectivity index (χ4v) is 1.91. The molecule has 1 unspecified atom stereocenters. The summed E-state index contributed by atoms with van der Waals surface area (Å²) in [6.45, 7) is 1.78. The molecule has 1 aromatic rings. The first-order valence-corrected chi connectivity index (χ1v) is 5.63. The highest BCUT2D eigenvalue weighted by molar-refractivity contribution is 9.10. The van der Waals surface area contributed by atoms with Crippen LogP contribution in [-0.4, -0.2) is 17.7 Å². The number of halogens is 3. The largest absolute Gasteiger partial charge is 0.464 e. The second-order valence-corrected chi connectivity index (χ2v) is 4.21. The van der Waals surface area contributed by atoms with Crippen LogP contribution >= 0.6 is 27.5 Å². The summed E-state index contributed by atoms with van der Waals surface area (Å²) in [6.07, 6.45) is -1.46. The highest BCUT2D eigenvalue weighted by Gasteiger charge is 2.21. The van der Waals surface area contributed by atoms with Crippen molar-refractivity contribution in [3.63, 3.8) is 0 Å². The fourth-order valence-electron chi connectivity index (χ4n) is 1.09. The number of benzene rings is 1. The number of ether oxygens (including phenoxy) is 1. The van der Waals surface area contributed by atoms with Gasteiger partial charge in [-0.25, -0.2) is 9.18 Å². The third-order valence-electron chi connectivity index (χ3n) is 1.83. The van der Waals surface area contributed by atoms with Crippen molar-refractivity contribution in [2.45, 2.75) is 13.0 Å². The van der Waals surface area contributed by atoms with Gasteiger partial charge in [-0.05, 0) is 40.5 Å². The van der Waals surface area contributed by atoms with Crippen LogP contribution < -0.4 is 0 Å². The fraction of sp³-hybridized carbons (Fsp3) is 0.300. The van der Waals surface area contributed by atoms with Crippen molar-refractivity contribution in [1.29, 1.82) is 0 Å². The maximum Gasteiger partial charge on any atom is 0.339 e.